The number of benzene rings is 2. The molecule has 0 amide bonds. The number of hydrogen-bond acceptors (Lipinski definition) is 5. The standard InChI is InChI=1S/C22H24O5/c1-4-27-22(25)15(2)14-19(20(23)16-8-6-5-7-9-16)21(24)17-10-12-18(26-3)13-11-17/h5-13,19-20,23H,2,4,14H2,1,3H3. The lowest BCUT2D eigenvalue weighted by Crippen LogP contribution is -2.25. The number of ketones is 1. The van der Waals surface area contributed by atoms with Crippen molar-refractivity contribution in [2.24, 2.45) is 5.92 Å². The van der Waals surface area contributed by atoms with E-state index in [0.717, 1.165) is 0 Å². The molecule has 1 N–H and O–H groups in total. The molecule has 0 heterocycles. The van der Waals surface area contributed by atoms with Crippen molar-refractivity contribution < 1.29 is 24.2 Å². The highest BCUT2D eigenvalue weighted by atomic mass is 16.5. The minimum Gasteiger partial charge on any atom is -0.497 e. The molecule has 2 aromatic carbocycles. The number of aliphatic hydroxyl groups excluding tert-OH is 1. The molecule has 0 fully saturated rings. The molecule has 2 unspecified atom stereocenters. The van der Waals surface area contributed by atoms with Crippen LogP contribution in [0.15, 0.2) is 66.7 Å². The second kappa shape index (κ2) is 9.69. The third kappa shape index (κ3) is 5.28. The van der Waals surface area contributed by atoms with Crippen molar-refractivity contribution in [3.05, 3.63) is 77.9 Å². The van der Waals surface area contributed by atoms with Gasteiger partial charge in [-0.25, -0.2) is 4.79 Å². The van der Waals surface area contributed by atoms with E-state index in [1.54, 1.807) is 62.6 Å². The number of ether oxygens (including phenoxy) is 2. The molecule has 0 aliphatic heterocycles. The van der Waals surface area contributed by atoms with Crippen LogP contribution >= 0.6 is 0 Å². The molecule has 5 nitrogen and oxygen atoms in total. The van der Waals surface area contributed by atoms with Gasteiger partial charge in [0.1, 0.15) is 5.75 Å². The van der Waals surface area contributed by atoms with Gasteiger partial charge in [0, 0.05) is 11.1 Å². The predicted molar refractivity (Wildman–Crippen MR) is 103 cm³/mol. The molecule has 0 aromatic heterocycles. The van der Waals surface area contributed by atoms with Gasteiger partial charge in [-0.3, -0.25) is 4.79 Å². The van der Waals surface area contributed by atoms with Crippen molar-refractivity contribution in [3.63, 3.8) is 0 Å². The highest BCUT2D eigenvalue weighted by Crippen LogP contribution is 2.31. The molecule has 0 aliphatic carbocycles. The van der Waals surface area contributed by atoms with E-state index in [1.807, 2.05) is 6.07 Å². The van der Waals surface area contributed by atoms with E-state index in [4.69, 9.17) is 9.47 Å². The minimum absolute atomic E-state index is 0.000241. The maximum Gasteiger partial charge on any atom is 0.333 e. The second-order valence-electron chi connectivity index (χ2n) is 6.08. The van der Waals surface area contributed by atoms with Gasteiger partial charge in [-0.15, -0.1) is 0 Å². The number of hydrogen-bond donors (Lipinski definition) is 1. The summed E-state index contributed by atoms with van der Waals surface area (Å²) < 4.78 is 10.1. The predicted octanol–water partition coefficient (Wildman–Crippen LogP) is 3.74. The quantitative estimate of drug-likeness (QED) is 0.415. The fourth-order valence-electron chi connectivity index (χ4n) is 2.78. The maximum atomic E-state index is 13.1. The molecule has 2 rings (SSSR count). The molecule has 5 heteroatoms. The van der Waals surface area contributed by atoms with Crippen molar-refractivity contribution in [3.8, 4) is 5.75 Å². The molecule has 2 atom stereocenters. The molecule has 0 aliphatic rings. The summed E-state index contributed by atoms with van der Waals surface area (Å²) in [5, 5.41) is 10.8. The molecule has 142 valence electrons. The van der Waals surface area contributed by atoms with Crippen LogP contribution in [0.1, 0.15) is 35.4 Å². The fourth-order valence-corrected chi connectivity index (χ4v) is 2.78. The Bertz CT molecular complexity index is 780. The third-order valence-electron chi connectivity index (χ3n) is 4.26. The summed E-state index contributed by atoms with van der Waals surface area (Å²) in [6.45, 7) is 5.65. The SMILES string of the molecule is C=C(CC(C(=O)c1ccc(OC)cc1)C(O)c1ccccc1)C(=O)OCC. The zero-order chi connectivity index (χ0) is 19.8. The Morgan fingerprint density at radius 1 is 1.07 bits per heavy atom. The van der Waals surface area contributed by atoms with Crippen LogP contribution in [-0.4, -0.2) is 30.6 Å². The fraction of sp³-hybridized carbons (Fsp3) is 0.273. The zero-order valence-corrected chi connectivity index (χ0v) is 15.6. The van der Waals surface area contributed by atoms with Crippen molar-refractivity contribution in [1.29, 1.82) is 0 Å². The number of rotatable bonds is 9. The number of aliphatic hydroxyl groups is 1. The van der Waals surface area contributed by atoms with Crippen LogP contribution in [0.3, 0.4) is 0 Å². The van der Waals surface area contributed by atoms with Crippen LogP contribution in [0, 0.1) is 5.92 Å². The van der Waals surface area contributed by atoms with Gasteiger partial charge in [-0.05, 0) is 43.2 Å². The highest BCUT2D eigenvalue weighted by Gasteiger charge is 2.31. The van der Waals surface area contributed by atoms with Crippen molar-refractivity contribution in [2.75, 3.05) is 13.7 Å². The molecule has 2 aromatic rings. The lowest BCUT2D eigenvalue weighted by atomic mass is 9.84. The van der Waals surface area contributed by atoms with Gasteiger partial charge >= 0.3 is 5.97 Å². The van der Waals surface area contributed by atoms with Gasteiger partial charge in [-0.1, -0.05) is 36.9 Å². The van der Waals surface area contributed by atoms with Crippen LogP contribution in [0.25, 0.3) is 0 Å². The Morgan fingerprint density at radius 3 is 2.26 bits per heavy atom. The minimum atomic E-state index is -1.08. The highest BCUT2D eigenvalue weighted by molar-refractivity contribution is 5.99. The molecular weight excluding hydrogens is 344 g/mol. The first-order valence-corrected chi connectivity index (χ1v) is 8.74. The van der Waals surface area contributed by atoms with Crippen molar-refractivity contribution >= 4 is 11.8 Å². The van der Waals surface area contributed by atoms with E-state index in [1.165, 1.54) is 0 Å². The van der Waals surface area contributed by atoms with Gasteiger partial charge in [0.05, 0.1) is 25.7 Å². The first kappa shape index (κ1) is 20.4. The molecule has 0 bridgehead atoms. The monoisotopic (exact) mass is 368 g/mol. The van der Waals surface area contributed by atoms with E-state index < -0.39 is 18.0 Å². The molecule has 0 spiro atoms. The normalized spacial score (nSPS) is 12.7. The zero-order valence-electron chi connectivity index (χ0n) is 15.6. The summed E-state index contributed by atoms with van der Waals surface area (Å²) in [5.41, 5.74) is 1.17. The smallest absolute Gasteiger partial charge is 0.333 e. The van der Waals surface area contributed by atoms with Crippen LogP contribution in [-0.2, 0) is 9.53 Å². The van der Waals surface area contributed by atoms with Crippen LogP contribution < -0.4 is 4.74 Å². The summed E-state index contributed by atoms with van der Waals surface area (Å²) in [5.74, 6) is -1.08. The lowest BCUT2D eigenvalue weighted by Gasteiger charge is -2.23. The second-order valence-corrected chi connectivity index (χ2v) is 6.08. The number of esters is 1. The molecule has 27 heavy (non-hydrogen) atoms. The Balaban J connectivity index is 2.31. The Hall–Kier alpha value is -2.92. The van der Waals surface area contributed by atoms with Crippen LogP contribution in [0.4, 0.5) is 0 Å². The third-order valence-corrected chi connectivity index (χ3v) is 4.26. The average Bonchev–Trinajstić information content (AvgIpc) is 2.71. The van der Waals surface area contributed by atoms with Crippen molar-refractivity contribution in [2.45, 2.75) is 19.4 Å². The number of carbonyl (C=O) groups excluding carboxylic acids is 2. The van der Waals surface area contributed by atoms with E-state index >= 15 is 0 Å². The molecule has 0 radical (unpaired) electrons. The maximum absolute atomic E-state index is 13.1. The van der Waals surface area contributed by atoms with E-state index in [-0.39, 0.29) is 24.4 Å². The van der Waals surface area contributed by atoms with Gasteiger partial charge in [0.2, 0.25) is 0 Å². The first-order chi connectivity index (χ1) is 13.0. The summed E-state index contributed by atoms with van der Waals surface area (Å²) in [4.78, 5) is 25.0. The van der Waals surface area contributed by atoms with Gasteiger partial charge in [0.25, 0.3) is 0 Å². The summed E-state index contributed by atoms with van der Waals surface area (Å²) in [6, 6.07) is 15.5. The number of Topliss-reactive ketones (excluding diaryl/α,β-unsaturated/α-hetero) is 1. The van der Waals surface area contributed by atoms with Crippen LogP contribution in [0.2, 0.25) is 0 Å². The Morgan fingerprint density at radius 2 is 1.70 bits per heavy atom. The summed E-state index contributed by atoms with van der Waals surface area (Å²) in [6.07, 6.45) is -1.08. The molecular formula is C22H24O5. The Labute approximate surface area is 159 Å². The summed E-state index contributed by atoms with van der Waals surface area (Å²) in [7, 11) is 1.54. The number of methoxy groups -OCH3 is 1. The first-order valence-electron chi connectivity index (χ1n) is 8.74. The van der Waals surface area contributed by atoms with E-state index in [2.05, 4.69) is 6.58 Å². The Kier molecular flexibility index (Phi) is 7.32. The van der Waals surface area contributed by atoms with E-state index in [9.17, 15) is 14.7 Å². The molecule has 0 saturated heterocycles. The van der Waals surface area contributed by atoms with Crippen LogP contribution in [0.5, 0.6) is 5.75 Å². The van der Waals surface area contributed by atoms with Crippen molar-refractivity contribution in [1.82, 2.24) is 0 Å². The van der Waals surface area contributed by atoms with Gasteiger partial charge in [0.15, 0.2) is 5.78 Å². The number of carbonyl (C=O) groups is 2. The van der Waals surface area contributed by atoms with Gasteiger partial charge in [-0.2, -0.15) is 0 Å². The van der Waals surface area contributed by atoms with E-state index in [0.29, 0.717) is 16.9 Å². The average molecular weight is 368 g/mol. The lowest BCUT2D eigenvalue weighted by molar-refractivity contribution is -0.138. The molecule has 0 saturated carbocycles. The summed E-state index contributed by atoms with van der Waals surface area (Å²) >= 11 is 0. The van der Waals surface area contributed by atoms with Gasteiger partial charge < -0.3 is 14.6 Å². The topological polar surface area (TPSA) is 72.8 Å². The largest absolute Gasteiger partial charge is 0.497 e.